The second-order valence-electron chi connectivity index (χ2n) is 3.84. The average molecular weight is 246 g/mol. The Morgan fingerprint density at radius 1 is 1.24 bits per heavy atom. The first-order valence-corrected chi connectivity index (χ1v) is 5.00. The minimum atomic E-state index is -4.45. The molecule has 1 aromatic carbocycles. The Balaban J connectivity index is 2.28. The van der Waals surface area contributed by atoms with Gasteiger partial charge < -0.3 is 0 Å². The summed E-state index contributed by atoms with van der Waals surface area (Å²) >= 11 is 0. The highest BCUT2D eigenvalue weighted by molar-refractivity contribution is 5.53. The number of nitro benzene ring substituents is 1. The highest BCUT2D eigenvalue weighted by Gasteiger charge is 2.46. The molecule has 0 atom stereocenters. The Bertz CT molecular complexity index is 426. The molecule has 0 unspecified atom stereocenters. The molecule has 0 saturated heterocycles. The van der Waals surface area contributed by atoms with Crippen molar-refractivity contribution in [2.75, 3.05) is 4.90 Å². The number of non-ortho nitro benzene ring substituents is 1. The van der Waals surface area contributed by atoms with Crippen molar-refractivity contribution in [2.24, 2.45) is 0 Å². The van der Waals surface area contributed by atoms with Gasteiger partial charge in [0.25, 0.3) is 5.69 Å². The highest BCUT2D eigenvalue weighted by Crippen LogP contribution is 2.39. The number of rotatable bonds is 3. The largest absolute Gasteiger partial charge is 0.485 e. The maximum Gasteiger partial charge on any atom is 0.485 e. The van der Waals surface area contributed by atoms with Crippen molar-refractivity contribution < 1.29 is 18.1 Å². The van der Waals surface area contributed by atoms with Crippen LogP contribution in [-0.2, 0) is 0 Å². The fourth-order valence-electron chi connectivity index (χ4n) is 1.63. The van der Waals surface area contributed by atoms with Crippen molar-refractivity contribution in [1.29, 1.82) is 0 Å². The number of halogens is 3. The lowest BCUT2D eigenvalue weighted by molar-refractivity contribution is -0.384. The number of hydrogen-bond donors (Lipinski definition) is 0. The van der Waals surface area contributed by atoms with Crippen LogP contribution in [-0.4, -0.2) is 17.3 Å². The Morgan fingerprint density at radius 3 is 2.12 bits per heavy atom. The lowest BCUT2D eigenvalue weighted by Crippen LogP contribution is -2.39. The van der Waals surface area contributed by atoms with Gasteiger partial charge in [0.1, 0.15) is 0 Å². The molecule has 1 fully saturated rings. The average Bonchev–Trinajstić information content (AvgIpc) is 3.01. The number of benzene rings is 1. The summed E-state index contributed by atoms with van der Waals surface area (Å²) in [6.45, 7) is 0. The lowest BCUT2D eigenvalue weighted by Gasteiger charge is -2.26. The third-order valence-electron chi connectivity index (χ3n) is 2.52. The van der Waals surface area contributed by atoms with E-state index in [0.29, 0.717) is 17.7 Å². The molecule has 0 amide bonds. The molecule has 0 aromatic heterocycles. The normalized spacial score (nSPS) is 15.7. The zero-order valence-electron chi connectivity index (χ0n) is 8.65. The summed E-state index contributed by atoms with van der Waals surface area (Å²) in [5.74, 6) is 0. The minimum absolute atomic E-state index is 0.0504. The first-order valence-electron chi connectivity index (χ1n) is 5.00. The van der Waals surface area contributed by atoms with Crippen LogP contribution in [0.2, 0.25) is 0 Å². The van der Waals surface area contributed by atoms with Gasteiger partial charge in [-0.1, -0.05) is 0 Å². The van der Waals surface area contributed by atoms with Crippen molar-refractivity contribution in [3.63, 3.8) is 0 Å². The maximum absolute atomic E-state index is 12.7. The summed E-state index contributed by atoms with van der Waals surface area (Å²) in [6, 6.07) is 3.89. The van der Waals surface area contributed by atoms with Crippen LogP contribution >= 0.6 is 0 Å². The molecular weight excluding hydrogens is 237 g/mol. The predicted octanol–water partition coefficient (Wildman–Crippen LogP) is 3.08. The van der Waals surface area contributed by atoms with E-state index in [1.54, 1.807) is 0 Å². The molecule has 0 aliphatic heterocycles. The van der Waals surface area contributed by atoms with E-state index in [1.165, 1.54) is 0 Å². The Hall–Kier alpha value is -1.79. The van der Waals surface area contributed by atoms with Crippen molar-refractivity contribution in [1.82, 2.24) is 0 Å². The SMILES string of the molecule is O=[N+]([O-])c1ccc(N(C2CC2)C(F)(F)F)cc1. The van der Waals surface area contributed by atoms with E-state index in [1.807, 2.05) is 0 Å². The van der Waals surface area contributed by atoms with Gasteiger partial charge in [-0.25, -0.2) is 0 Å². The molecule has 17 heavy (non-hydrogen) atoms. The van der Waals surface area contributed by atoms with Crippen LogP contribution < -0.4 is 4.90 Å². The van der Waals surface area contributed by atoms with Gasteiger partial charge in [0.05, 0.1) is 4.92 Å². The molecule has 4 nitrogen and oxygen atoms in total. The van der Waals surface area contributed by atoms with Gasteiger partial charge in [0, 0.05) is 23.9 Å². The fraction of sp³-hybridized carbons (Fsp3) is 0.400. The standard InChI is InChI=1S/C10H9F3N2O2/c11-10(12,13)14(7-1-2-7)8-3-5-9(6-4-8)15(16)17/h3-7H,1-2H2. The highest BCUT2D eigenvalue weighted by atomic mass is 19.4. The van der Waals surface area contributed by atoms with Gasteiger partial charge in [0.15, 0.2) is 0 Å². The Kier molecular flexibility index (Phi) is 2.68. The van der Waals surface area contributed by atoms with E-state index >= 15 is 0 Å². The van der Waals surface area contributed by atoms with E-state index in [4.69, 9.17) is 0 Å². The molecular formula is C10H9F3N2O2. The van der Waals surface area contributed by atoms with Crippen molar-refractivity contribution in [2.45, 2.75) is 25.2 Å². The summed E-state index contributed by atoms with van der Waals surface area (Å²) in [5.41, 5.74) is -0.266. The molecule has 1 aliphatic carbocycles. The smallest absolute Gasteiger partial charge is 0.281 e. The van der Waals surface area contributed by atoms with Crippen LogP contribution in [0, 0.1) is 10.1 Å². The van der Waals surface area contributed by atoms with Gasteiger partial charge in [-0.2, -0.15) is 13.2 Å². The molecule has 2 rings (SSSR count). The van der Waals surface area contributed by atoms with Gasteiger partial charge in [-0.15, -0.1) is 0 Å². The zero-order valence-corrected chi connectivity index (χ0v) is 8.65. The predicted molar refractivity (Wildman–Crippen MR) is 54.7 cm³/mol. The van der Waals surface area contributed by atoms with Gasteiger partial charge in [0.2, 0.25) is 0 Å². The third-order valence-corrected chi connectivity index (χ3v) is 2.52. The number of anilines is 1. The van der Waals surface area contributed by atoms with E-state index in [0.717, 1.165) is 24.3 Å². The quantitative estimate of drug-likeness (QED) is 0.467. The Labute approximate surface area is 94.8 Å². The number of alkyl halides is 3. The first kappa shape index (κ1) is 11.7. The molecule has 0 N–H and O–H groups in total. The van der Waals surface area contributed by atoms with E-state index in [2.05, 4.69) is 0 Å². The zero-order chi connectivity index (χ0) is 12.6. The van der Waals surface area contributed by atoms with Gasteiger partial charge in [-0.05, 0) is 25.0 Å². The van der Waals surface area contributed by atoms with Crippen molar-refractivity contribution >= 4 is 11.4 Å². The molecule has 92 valence electrons. The molecule has 1 aromatic rings. The van der Waals surface area contributed by atoms with Crippen molar-refractivity contribution in [3.05, 3.63) is 34.4 Å². The van der Waals surface area contributed by atoms with Gasteiger partial charge >= 0.3 is 6.30 Å². The topological polar surface area (TPSA) is 46.4 Å². The Morgan fingerprint density at radius 2 is 1.76 bits per heavy atom. The van der Waals surface area contributed by atoms with Crippen LogP contribution in [0.3, 0.4) is 0 Å². The van der Waals surface area contributed by atoms with Crippen LogP contribution in [0.15, 0.2) is 24.3 Å². The van der Waals surface area contributed by atoms with Crippen LogP contribution in [0.1, 0.15) is 12.8 Å². The molecule has 0 heterocycles. The number of hydrogen-bond acceptors (Lipinski definition) is 3. The maximum atomic E-state index is 12.7. The second-order valence-corrected chi connectivity index (χ2v) is 3.84. The van der Waals surface area contributed by atoms with Crippen LogP contribution in [0.25, 0.3) is 0 Å². The summed E-state index contributed by atoms with van der Waals surface area (Å²) in [6.07, 6.45) is -3.45. The van der Waals surface area contributed by atoms with Gasteiger partial charge in [-0.3, -0.25) is 15.0 Å². The summed E-state index contributed by atoms with van der Waals surface area (Å²) in [7, 11) is 0. The summed E-state index contributed by atoms with van der Waals surface area (Å²) in [4.78, 5) is 10.1. The summed E-state index contributed by atoms with van der Waals surface area (Å²) < 4.78 is 38.2. The van der Waals surface area contributed by atoms with Crippen molar-refractivity contribution in [3.8, 4) is 0 Å². The molecule has 1 saturated carbocycles. The summed E-state index contributed by atoms with van der Waals surface area (Å²) in [5, 5.41) is 10.4. The van der Waals surface area contributed by atoms with Crippen LogP contribution in [0.4, 0.5) is 24.5 Å². The first-order chi connectivity index (χ1) is 7.89. The molecule has 7 heteroatoms. The molecule has 0 radical (unpaired) electrons. The molecule has 1 aliphatic rings. The monoisotopic (exact) mass is 246 g/mol. The molecule has 0 bridgehead atoms. The van der Waals surface area contributed by atoms with Crippen LogP contribution in [0.5, 0.6) is 0 Å². The third kappa shape index (κ3) is 2.48. The van der Waals surface area contributed by atoms with E-state index in [9.17, 15) is 23.3 Å². The number of nitro groups is 1. The van der Waals surface area contributed by atoms with E-state index < -0.39 is 17.3 Å². The molecule has 0 spiro atoms. The van der Waals surface area contributed by atoms with E-state index in [-0.39, 0.29) is 11.4 Å². The number of nitrogens with zero attached hydrogens (tertiary/aromatic N) is 2. The second kappa shape index (κ2) is 3.90. The fourth-order valence-corrected chi connectivity index (χ4v) is 1.63. The minimum Gasteiger partial charge on any atom is -0.281 e. The lowest BCUT2D eigenvalue weighted by atomic mass is 10.2.